The lowest BCUT2D eigenvalue weighted by Crippen LogP contribution is -2.60. The lowest BCUT2D eigenvalue weighted by Gasteiger charge is -2.36. The van der Waals surface area contributed by atoms with Gasteiger partial charge in [-0.05, 0) is 49.8 Å². The van der Waals surface area contributed by atoms with Crippen molar-refractivity contribution < 1.29 is 13.9 Å². The lowest BCUT2D eigenvalue weighted by molar-refractivity contribution is 0.210. The summed E-state index contributed by atoms with van der Waals surface area (Å²) in [6, 6.07) is 22.5. The molecule has 2 aliphatic rings. The van der Waals surface area contributed by atoms with E-state index in [4.69, 9.17) is 9.15 Å². The minimum Gasteiger partial charge on any atom is -0.468 e. The molecule has 7 rings (SSSR count). The van der Waals surface area contributed by atoms with E-state index in [0.717, 1.165) is 44.2 Å². The number of benzene rings is 4. The highest BCUT2D eigenvalue weighted by atomic mass is 16.6. The molecule has 4 aromatic carbocycles. The summed E-state index contributed by atoms with van der Waals surface area (Å²) < 4.78 is 12.3. The fourth-order valence-electron chi connectivity index (χ4n) is 5.89. The van der Waals surface area contributed by atoms with Gasteiger partial charge in [-0.25, -0.2) is 9.69 Å². The number of hydrogen-bond donors (Lipinski definition) is 0. The molecule has 158 valence electrons. The third-order valence-corrected chi connectivity index (χ3v) is 7.03. The molecule has 0 fully saturated rings. The van der Waals surface area contributed by atoms with Crippen LogP contribution in [0.5, 0.6) is 5.75 Å². The van der Waals surface area contributed by atoms with Crippen molar-refractivity contribution in [2.24, 2.45) is 0 Å². The number of fused-ring (bicyclic) bond motifs is 4. The third-order valence-electron chi connectivity index (χ3n) is 7.03. The predicted molar refractivity (Wildman–Crippen MR) is 134 cm³/mol. The van der Waals surface area contributed by atoms with Gasteiger partial charge in [0.05, 0.1) is 17.0 Å². The molecular weight excluding hydrogens is 409 g/mol. The number of rotatable bonds is 1. The zero-order valence-corrected chi connectivity index (χ0v) is 18.6. The summed E-state index contributed by atoms with van der Waals surface area (Å²) in [6.45, 7) is 6.33. The fourth-order valence-corrected chi connectivity index (χ4v) is 5.89. The molecule has 0 aliphatic carbocycles. The Morgan fingerprint density at radius 2 is 1.64 bits per heavy atom. The maximum Gasteiger partial charge on any atom is 0.424 e. The Labute approximate surface area is 191 Å². The van der Waals surface area contributed by atoms with Gasteiger partial charge in [0, 0.05) is 10.8 Å². The van der Waals surface area contributed by atoms with Crippen LogP contribution in [0, 0.1) is 20.8 Å². The standard InChI is InChI=1S/C28H20BNO3/c1-15-13-16(2)24(17(3)14-15)29-20-12-11-18-7-6-10-22-23(18)26(20)30(28(31)33-22)25-19-8-4-5-9-21(19)32-27(25)29/h4-14H,1-3H3. The first-order chi connectivity index (χ1) is 16.0. The minimum absolute atomic E-state index is 0.123. The van der Waals surface area contributed by atoms with Gasteiger partial charge in [0.1, 0.15) is 11.3 Å². The molecular formula is C28H20BNO3. The lowest BCUT2D eigenvalue weighted by atomic mass is 9.36. The smallest absolute Gasteiger partial charge is 0.424 e. The number of amides is 1. The fraction of sp³-hybridized carbons (Fsp3) is 0.107. The van der Waals surface area contributed by atoms with Crippen molar-refractivity contribution in [1.82, 2.24) is 0 Å². The molecule has 0 unspecified atom stereocenters. The second kappa shape index (κ2) is 6.29. The van der Waals surface area contributed by atoms with E-state index >= 15 is 0 Å². The average Bonchev–Trinajstić information content (AvgIpc) is 3.17. The minimum atomic E-state index is -0.397. The molecule has 0 bridgehead atoms. The molecule has 0 saturated heterocycles. The van der Waals surface area contributed by atoms with E-state index in [1.807, 2.05) is 36.4 Å². The molecule has 3 heterocycles. The van der Waals surface area contributed by atoms with Crippen molar-refractivity contribution in [1.29, 1.82) is 0 Å². The topological polar surface area (TPSA) is 42.7 Å². The Bertz CT molecular complexity index is 1640. The Morgan fingerprint density at radius 3 is 2.45 bits per heavy atom. The van der Waals surface area contributed by atoms with Gasteiger partial charge in [-0.2, -0.15) is 0 Å². The first-order valence-corrected chi connectivity index (χ1v) is 11.2. The van der Waals surface area contributed by atoms with E-state index in [1.165, 1.54) is 22.2 Å². The van der Waals surface area contributed by atoms with Crippen molar-refractivity contribution in [3.63, 3.8) is 0 Å². The largest absolute Gasteiger partial charge is 0.468 e. The zero-order chi connectivity index (χ0) is 22.4. The van der Waals surface area contributed by atoms with Gasteiger partial charge in [0.25, 0.3) is 6.71 Å². The molecule has 33 heavy (non-hydrogen) atoms. The van der Waals surface area contributed by atoms with Gasteiger partial charge in [-0.3, -0.25) is 0 Å². The van der Waals surface area contributed by atoms with E-state index in [9.17, 15) is 4.79 Å². The molecule has 0 saturated carbocycles. The van der Waals surface area contributed by atoms with Crippen LogP contribution in [0.1, 0.15) is 16.7 Å². The van der Waals surface area contributed by atoms with Gasteiger partial charge in [-0.15, -0.1) is 0 Å². The molecule has 1 amide bonds. The maximum atomic E-state index is 13.4. The second-order valence-corrected chi connectivity index (χ2v) is 9.12. The van der Waals surface area contributed by atoms with Crippen LogP contribution >= 0.6 is 0 Å². The number of para-hydroxylation sites is 1. The van der Waals surface area contributed by atoms with Crippen LogP contribution in [0.4, 0.5) is 16.2 Å². The first kappa shape index (κ1) is 18.6. The number of carbonyl (C=O) groups is 1. The first-order valence-electron chi connectivity index (χ1n) is 11.2. The number of hydrogen-bond acceptors (Lipinski definition) is 3. The Hall–Kier alpha value is -3.99. The van der Waals surface area contributed by atoms with Crippen molar-refractivity contribution >= 4 is 62.5 Å². The van der Waals surface area contributed by atoms with Crippen molar-refractivity contribution in [2.45, 2.75) is 20.8 Å². The van der Waals surface area contributed by atoms with Crippen LogP contribution in [0.3, 0.4) is 0 Å². The van der Waals surface area contributed by atoms with Crippen molar-refractivity contribution in [3.8, 4) is 5.75 Å². The average molecular weight is 429 g/mol. The van der Waals surface area contributed by atoms with E-state index in [-0.39, 0.29) is 6.71 Å². The SMILES string of the molecule is Cc1cc(C)c(B2c3ccc4cccc5c4c3N(C(=O)O5)c3c2oc2ccccc32)c(C)c1. The molecule has 5 heteroatoms. The van der Waals surface area contributed by atoms with Crippen LogP contribution in [0.15, 0.2) is 71.1 Å². The molecule has 5 aromatic rings. The number of ether oxygens (including phenoxy) is 1. The normalized spacial score (nSPS) is 14.1. The number of aryl methyl sites for hydroxylation is 3. The highest BCUT2D eigenvalue weighted by molar-refractivity contribution is 6.98. The maximum absolute atomic E-state index is 13.4. The van der Waals surface area contributed by atoms with Crippen LogP contribution < -0.4 is 26.2 Å². The van der Waals surface area contributed by atoms with Crippen LogP contribution in [0.25, 0.3) is 21.7 Å². The van der Waals surface area contributed by atoms with Crippen molar-refractivity contribution in [3.05, 3.63) is 83.4 Å². The zero-order valence-electron chi connectivity index (χ0n) is 18.6. The van der Waals surface area contributed by atoms with Gasteiger partial charge in [0.15, 0.2) is 0 Å². The summed E-state index contributed by atoms with van der Waals surface area (Å²) in [5, 5.41) is 2.94. The van der Waals surface area contributed by atoms with Gasteiger partial charge in [-0.1, -0.05) is 70.7 Å². The summed E-state index contributed by atoms with van der Waals surface area (Å²) in [6.07, 6.45) is -0.397. The van der Waals surface area contributed by atoms with Gasteiger partial charge >= 0.3 is 6.09 Å². The Morgan fingerprint density at radius 1 is 0.848 bits per heavy atom. The van der Waals surface area contributed by atoms with Gasteiger partial charge in [0.2, 0.25) is 0 Å². The van der Waals surface area contributed by atoms with E-state index in [0.29, 0.717) is 5.75 Å². The Balaban J connectivity index is 1.68. The van der Waals surface area contributed by atoms with E-state index in [2.05, 4.69) is 51.1 Å². The van der Waals surface area contributed by atoms with E-state index in [1.54, 1.807) is 4.90 Å². The summed E-state index contributed by atoms with van der Waals surface area (Å²) in [5.74, 6) is 0.609. The third kappa shape index (κ3) is 2.34. The van der Waals surface area contributed by atoms with Crippen molar-refractivity contribution in [2.75, 3.05) is 4.90 Å². The number of carbonyl (C=O) groups excluding carboxylic acids is 1. The molecule has 0 atom stereocenters. The number of anilines is 2. The highest BCUT2D eigenvalue weighted by Crippen LogP contribution is 2.45. The molecule has 4 nitrogen and oxygen atoms in total. The molecule has 0 N–H and O–H groups in total. The summed E-state index contributed by atoms with van der Waals surface area (Å²) >= 11 is 0. The summed E-state index contributed by atoms with van der Waals surface area (Å²) in [4.78, 5) is 15.1. The molecule has 2 aliphatic heterocycles. The molecule has 1 aromatic heterocycles. The monoisotopic (exact) mass is 429 g/mol. The summed E-state index contributed by atoms with van der Waals surface area (Å²) in [5.41, 5.74) is 9.22. The molecule has 0 radical (unpaired) electrons. The van der Waals surface area contributed by atoms with E-state index < -0.39 is 6.09 Å². The Kier molecular flexibility index (Phi) is 3.54. The number of furan rings is 1. The molecule has 0 spiro atoms. The van der Waals surface area contributed by atoms with Crippen LogP contribution in [-0.4, -0.2) is 12.8 Å². The second-order valence-electron chi connectivity index (χ2n) is 9.12. The predicted octanol–water partition coefficient (Wildman–Crippen LogP) is 4.99. The van der Waals surface area contributed by atoms with Gasteiger partial charge < -0.3 is 9.15 Å². The summed E-state index contributed by atoms with van der Waals surface area (Å²) in [7, 11) is 0. The number of nitrogens with zero attached hydrogens (tertiary/aromatic N) is 1. The van der Waals surface area contributed by atoms with Crippen LogP contribution in [-0.2, 0) is 0 Å². The quantitative estimate of drug-likeness (QED) is 0.353. The highest BCUT2D eigenvalue weighted by Gasteiger charge is 2.46. The van der Waals surface area contributed by atoms with Crippen LogP contribution in [0.2, 0.25) is 0 Å².